The highest BCUT2D eigenvalue weighted by Crippen LogP contribution is 2.43. The summed E-state index contributed by atoms with van der Waals surface area (Å²) in [5.74, 6) is 0.503. The van der Waals surface area contributed by atoms with Gasteiger partial charge in [0, 0.05) is 25.6 Å². The minimum Gasteiger partial charge on any atom is -0.379 e. The fourth-order valence-corrected chi connectivity index (χ4v) is 6.92. The van der Waals surface area contributed by atoms with Gasteiger partial charge in [-0.05, 0) is 18.8 Å². The van der Waals surface area contributed by atoms with E-state index < -0.39 is 9.84 Å². The molecular formula is C15H26N2O4S. The Morgan fingerprint density at radius 1 is 1.32 bits per heavy atom. The van der Waals surface area contributed by atoms with Crippen molar-refractivity contribution in [2.75, 3.05) is 31.7 Å². The van der Waals surface area contributed by atoms with E-state index in [2.05, 4.69) is 5.32 Å². The van der Waals surface area contributed by atoms with Gasteiger partial charge in [0.15, 0.2) is 9.84 Å². The van der Waals surface area contributed by atoms with Crippen LogP contribution in [-0.4, -0.2) is 63.2 Å². The molecular weight excluding hydrogens is 304 g/mol. The number of nitrogens with one attached hydrogen (secondary N) is 1. The van der Waals surface area contributed by atoms with Crippen LogP contribution in [0.4, 0.5) is 4.79 Å². The summed E-state index contributed by atoms with van der Waals surface area (Å²) >= 11 is 0. The van der Waals surface area contributed by atoms with Gasteiger partial charge in [0.25, 0.3) is 0 Å². The van der Waals surface area contributed by atoms with Gasteiger partial charge in [0.05, 0.1) is 23.7 Å². The Morgan fingerprint density at radius 3 is 2.73 bits per heavy atom. The monoisotopic (exact) mass is 330 g/mol. The number of amides is 2. The zero-order valence-electron chi connectivity index (χ0n) is 13.4. The lowest BCUT2D eigenvalue weighted by Crippen LogP contribution is -2.51. The molecule has 0 aromatic carbocycles. The van der Waals surface area contributed by atoms with Crippen LogP contribution in [0.3, 0.4) is 0 Å². The molecule has 0 spiro atoms. The summed E-state index contributed by atoms with van der Waals surface area (Å²) in [5.41, 5.74) is -0.274. The highest BCUT2D eigenvalue weighted by atomic mass is 32.2. The molecule has 2 saturated heterocycles. The summed E-state index contributed by atoms with van der Waals surface area (Å²) in [6.45, 7) is 3.08. The molecule has 2 aliphatic heterocycles. The van der Waals surface area contributed by atoms with E-state index in [1.165, 1.54) is 0 Å². The Labute approximate surface area is 132 Å². The first-order valence-corrected chi connectivity index (χ1v) is 9.94. The second kappa shape index (κ2) is 5.67. The molecule has 3 fully saturated rings. The average molecular weight is 330 g/mol. The first kappa shape index (κ1) is 16.1. The lowest BCUT2D eigenvalue weighted by atomic mass is 9.84. The van der Waals surface area contributed by atoms with E-state index in [0.717, 1.165) is 25.7 Å². The fraction of sp³-hybridized carbons (Fsp3) is 0.933. The maximum Gasteiger partial charge on any atom is 0.317 e. The quantitative estimate of drug-likeness (QED) is 0.820. The van der Waals surface area contributed by atoms with Crippen molar-refractivity contribution in [3.8, 4) is 0 Å². The van der Waals surface area contributed by atoms with Crippen LogP contribution in [0.1, 0.15) is 32.6 Å². The number of urea groups is 1. The van der Waals surface area contributed by atoms with Gasteiger partial charge in [0.1, 0.15) is 0 Å². The van der Waals surface area contributed by atoms with Gasteiger partial charge in [0.2, 0.25) is 0 Å². The van der Waals surface area contributed by atoms with Crippen LogP contribution in [0, 0.1) is 11.3 Å². The first-order valence-electron chi connectivity index (χ1n) is 8.12. The second-order valence-electron chi connectivity index (χ2n) is 7.40. The van der Waals surface area contributed by atoms with Crippen molar-refractivity contribution in [2.45, 2.75) is 44.8 Å². The Bertz CT molecular complexity index is 550. The van der Waals surface area contributed by atoms with Crippen LogP contribution >= 0.6 is 0 Å². The van der Waals surface area contributed by atoms with Crippen molar-refractivity contribution in [2.24, 2.45) is 11.3 Å². The summed E-state index contributed by atoms with van der Waals surface area (Å²) in [5, 5.41) is 3.10. The molecule has 126 valence electrons. The number of likely N-dealkylation sites (tertiary alicyclic amines) is 1. The molecule has 1 saturated carbocycles. The predicted octanol–water partition coefficient (Wildman–Crippen LogP) is 1.02. The molecule has 0 unspecified atom stereocenters. The summed E-state index contributed by atoms with van der Waals surface area (Å²) in [4.78, 5) is 14.3. The molecule has 0 bridgehead atoms. The van der Waals surface area contributed by atoms with Crippen LogP contribution in [0.25, 0.3) is 0 Å². The number of sulfone groups is 1. The molecule has 1 aliphatic carbocycles. The molecule has 3 rings (SSSR count). The lowest BCUT2D eigenvalue weighted by molar-refractivity contribution is 0.0433. The average Bonchev–Trinajstić information content (AvgIpc) is 2.85. The van der Waals surface area contributed by atoms with Crippen LogP contribution in [-0.2, 0) is 14.6 Å². The molecule has 6 nitrogen and oxygen atoms in total. The molecule has 0 aromatic heterocycles. The lowest BCUT2D eigenvalue weighted by Gasteiger charge is -2.32. The van der Waals surface area contributed by atoms with Gasteiger partial charge >= 0.3 is 6.03 Å². The van der Waals surface area contributed by atoms with E-state index in [1.807, 2.05) is 6.92 Å². The summed E-state index contributed by atoms with van der Waals surface area (Å²) in [7, 11) is -1.24. The standard InChI is InChI=1S/C15H26N2O4S/c1-15-9-17(7-11(15)8-22(19,20)10-15)14(18)16-12-5-3-4-6-13(12)21-2/h11-13H,3-10H2,1-2H3,(H,16,18)/t11-,12+,13+,15+/m1/s1. The zero-order valence-corrected chi connectivity index (χ0v) is 14.2. The van der Waals surface area contributed by atoms with Gasteiger partial charge in [-0.1, -0.05) is 19.8 Å². The first-order chi connectivity index (χ1) is 10.3. The van der Waals surface area contributed by atoms with Crippen molar-refractivity contribution in [3.63, 3.8) is 0 Å². The van der Waals surface area contributed by atoms with Gasteiger partial charge in [-0.15, -0.1) is 0 Å². The van der Waals surface area contributed by atoms with Gasteiger partial charge < -0.3 is 15.0 Å². The zero-order chi connectivity index (χ0) is 16.0. The number of carbonyl (C=O) groups is 1. The smallest absolute Gasteiger partial charge is 0.317 e. The number of carbonyl (C=O) groups excluding carboxylic acids is 1. The van der Waals surface area contributed by atoms with Crippen LogP contribution in [0.15, 0.2) is 0 Å². The second-order valence-corrected chi connectivity index (χ2v) is 9.51. The Balaban J connectivity index is 1.61. The summed E-state index contributed by atoms with van der Waals surface area (Å²) < 4.78 is 29.1. The largest absolute Gasteiger partial charge is 0.379 e. The molecule has 2 heterocycles. The van der Waals surface area contributed by atoms with Gasteiger partial charge in [-0.2, -0.15) is 0 Å². The van der Waals surface area contributed by atoms with E-state index in [1.54, 1.807) is 12.0 Å². The molecule has 2 amide bonds. The Kier molecular flexibility index (Phi) is 4.14. The van der Waals surface area contributed by atoms with E-state index in [0.29, 0.717) is 13.1 Å². The van der Waals surface area contributed by atoms with E-state index in [4.69, 9.17) is 4.74 Å². The third-order valence-corrected chi connectivity index (χ3v) is 7.59. The van der Waals surface area contributed by atoms with E-state index >= 15 is 0 Å². The van der Waals surface area contributed by atoms with Gasteiger partial charge in [-0.3, -0.25) is 0 Å². The number of rotatable bonds is 2. The molecule has 0 radical (unpaired) electrons. The number of methoxy groups -OCH3 is 1. The van der Waals surface area contributed by atoms with Crippen LogP contribution in [0.5, 0.6) is 0 Å². The fourth-order valence-electron chi connectivity index (χ4n) is 4.35. The molecule has 7 heteroatoms. The van der Waals surface area contributed by atoms with Crippen molar-refractivity contribution in [3.05, 3.63) is 0 Å². The summed E-state index contributed by atoms with van der Waals surface area (Å²) in [6.07, 6.45) is 4.29. The van der Waals surface area contributed by atoms with Gasteiger partial charge in [-0.25, -0.2) is 13.2 Å². The Hall–Kier alpha value is -0.820. The number of hydrogen-bond donors (Lipinski definition) is 1. The molecule has 3 aliphatic rings. The normalized spacial score (nSPS) is 40.5. The third-order valence-electron chi connectivity index (χ3n) is 5.58. The highest BCUT2D eigenvalue weighted by Gasteiger charge is 2.53. The number of ether oxygens (including phenoxy) is 1. The SMILES string of the molecule is CO[C@H]1CCCC[C@@H]1NC(=O)N1C[C@@H]2CS(=O)(=O)C[C@]2(C)C1. The number of fused-ring (bicyclic) bond motifs is 1. The van der Waals surface area contributed by atoms with Crippen LogP contribution in [0.2, 0.25) is 0 Å². The van der Waals surface area contributed by atoms with Crippen LogP contribution < -0.4 is 5.32 Å². The van der Waals surface area contributed by atoms with E-state index in [-0.39, 0.29) is 41.0 Å². The minimum atomic E-state index is -2.93. The molecule has 4 atom stereocenters. The van der Waals surface area contributed by atoms with Crippen molar-refractivity contribution >= 4 is 15.9 Å². The summed E-state index contributed by atoms with van der Waals surface area (Å²) in [6, 6.07) is 0.00482. The van der Waals surface area contributed by atoms with E-state index in [9.17, 15) is 13.2 Å². The van der Waals surface area contributed by atoms with Crippen molar-refractivity contribution < 1.29 is 17.9 Å². The third kappa shape index (κ3) is 2.97. The number of nitrogens with zero attached hydrogens (tertiary/aromatic N) is 1. The molecule has 1 N–H and O–H groups in total. The maximum absolute atomic E-state index is 12.5. The number of hydrogen-bond acceptors (Lipinski definition) is 4. The topological polar surface area (TPSA) is 75.7 Å². The minimum absolute atomic E-state index is 0.0676. The highest BCUT2D eigenvalue weighted by molar-refractivity contribution is 7.91. The molecule has 22 heavy (non-hydrogen) atoms. The van der Waals surface area contributed by atoms with Crippen molar-refractivity contribution in [1.82, 2.24) is 10.2 Å². The predicted molar refractivity (Wildman–Crippen MR) is 83.4 cm³/mol. The Morgan fingerprint density at radius 2 is 2.05 bits per heavy atom. The molecule has 0 aromatic rings. The maximum atomic E-state index is 12.5. The van der Waals surface area contributed by atoms with Crippen molar-refractivity contribution in [1.29, 1.82) is 0 Å².